The van der Waals surface area contributed by atoms with Crippen molar-refractivity contribution in [1.29, 1.82) is 0 Å². The Morgan fingerprint density at radius 3 is 2.45 bits per heavy atom. The number of halogens is 1. The molecule has 0 radical (unpaired) electrons. The summed E-state index contributed by atoms with van der Waals surface area (Å²) in [5.74, 6) is -1.34. The average molecular weight is 319 g/mol. The van der Waals surface area contributed by atoms with Crippen LogP contribution in [0.15, 0.2) is 35.2 Å². The molecule has 1 saturated heterocycles. The third-order valence-corrected chi connectivity index (χ3v) is 4.77. The van der Waals surface area contributed by atoms with E-state index in [4.69, 9.17) is 20.5 Å². The summed E-state index contributed by atoms with van der Waals surface area (Å²) in [6.45, 7) is 3.47. The molecule has 0 bridgehead atoms. The SMILES string of the molecule is CC1(C)CC(C(Cl)OS(=O)(=O)c2ccccc2)C(=O)O1. The van der Waals surface area contributed by atoms with Gasteiger partial charge >= 0.3 is 5.97 Å². The number of cyclic esters (lactones) is 1. The smallest absolute Gasteiger partial charge is 0.313 e. The van der Waals surface area contributed by atoms with Gasteiger partial charge in [0.05, 0.1) is 4.90 Å². The monoisotopic (exact) mass is 318 g/mol. The Hall–Kier alpha value is -1.11. The van der Waals surface area contributed by atoms with Crippen LogP contribution in [-0.4, -0.2) is 25.6 Å². The first-order valence-corrected chi connectivity index (χ1v) is 7.91. The Kier molecular flexibility index (Phi) is 4.09. The van der Waals surface area contributed by atoms with Gasteiger partial charge in [-0.1, -0.05) is 29.8 Å². The minimum Gasteiger partial charge on any atom is -0.459 e. The molecule has 0 spiro atoms. The predicted molar refractivity (Wildman–Crippen MR) is 72.6 cm³/mol. The summed E-state index contributed by atoms with van der Waals surface area (Å²) in [6, 6.07) is 7.64. The first-order chi connectivity index (χ1) is 9.21. The Balaban J connectivity index is 2.13. The van der Waals surface area contributed by atoms with Crippen LogP contribution in [0.4, 0.5) is 0 Å². The number of rotatable bonds is 4. The van der Waals surface area contributed by atoms with Gasteiger partial charge < -0.3 is 4.74 Å². The molecule has 1 aliphatic rings. The molecule has 5 nitrogen and oxygen atoms in total. The summed E-state index contributed by atoms with van der Waals surface area (Å²) in [6.07, 6.45) is 0.310. The number of alkyl halides is 1. The molecule has 7 heteroatoms. The quantitative estimate of drug-likeness (QED) is 0.484. The van der Waals surface area contributed by atoms with Crippen LogP contribution >= 0.6 is 11.6 Å². The van der Waals surface area contributed by atoms with Gasteiger partial charge in [-0.3, -0.25) is 4.79 Å². The second-order valence-corrected chi connectivity index (χ2v) is 7.21. The predicted octanol–water partition coefficient (Wildman–Crippen LogP) is 2.30. The minimum atomic E-state index is -4.00. The van der Waals surface area contributed by atoms with Crippen LogP contribution in [-0.2, 0) is 23.8 Å². The van der Waals surface area contributed by atoms with E-state index in [1.165, 1.54) is 12.1 Å². The zero-order valence-corrected chi connectivity index (χ0v) is 12.6. The van der Waals surface area contributed by atoms with Crippen molar-refractivity contribution in [2.24, 2.45) is 5.92 Å². The lowest BCUT2D eigenvalue weighted by Crippen LogP contribution is -2.25. The number of benzene rings is 1. The van der Waals surface area contributed by atoms with E-state index in [0.717, 1.165) is 0 Å². The summed E-state index contributed by atoms with van der Waals surface area (Å²) in [5.41, 5.74) is -1.94. The van der Waals surface area contributed by atoms with Gasteiger partial charge in [0.1, 0.15) is 11.5 Å². The molecule has 1 heterocycles. The number of ether oxygens (including phenoxy) is 1. The molecule has 0 aliphatic carbocycles. The third-order valence-electron chi connectivity index (χ3n) is 2.96. The van der Waals surface area contributed by atoms with E-state index in [1.807, 2.05) is 0 Å². The molecule has 0 saturated carbocycles. The zero-order chi connectivity index (χ0) is 15.0. The van der Waals surface area contributed by atoms with E-state index in [2.05, 4.69) is 0 Å². The fourth-order valence-electron chi connectivity index (χ4n) is 2.03. The summed E-state index contributed by atoms with van der Waals surface area (Å²) in [4.78, 5) is 11.7. The molecule has 2 atom stereocenters. The van der Waals surface area contributed by atoms with E-state index in [9.17, 15) is 13.2 Å². The lowest BCUT2D eigenvalue weighted by atomic mass is 9.98. The molecular weight excluding hydrogens is 304 g/mol. The van der Waals surface area contributed by atoms with Crippen LogP contribution in [0.25, 0.3) is 0 Å². The Bertz CT molecular complexity index is 596. The normalized spacial score (nSPS) is 23.4. The van der Waals surface area contributed by atoms with Crippen molar-refractivity contribution < 1.29 is 22.1 Å². The molecule has 0 N–H and O–H groups in total. The van der Waals surface area contributed by atoms with Gasteiger partial charge in [-0.15, -0.1) is 0 Å². The summed E-state index contributed by atoms with van der Waals surface area (Å²) in [7, 11) is -4.00. The summed E-state index contributed by atoms with van der Waals surface area (Å²) in [5, 5.41) is 0. The van der Waals surface area contributed by atoms with Crippen molar-refractivity contribution in [3.8, 4) is 0 Å². The first kappa shape index (κ1) is 15.3. The fourth-order valence-corrected chi connectivity index (χ4v) is 3.49. The first-order valence-electron chi connectivity index (χ1n) is 6.06. The van der Waals surface area contributed by atoms with Crippen molar-refractivity contribution in [1.82, 2.24) is 0 Å². The highest BCUT2D eigenvalue weighted by atomic mass is 35.5. The van der Waals surface area contributed by atoms with Crippen LogP contribution in [0.2, 0.25) is 0 Å². The van der Waals surface area contributed by atoms with E-state index >= 15 is 0 Å². The van der Waals surface area contributed by atoms with Gasteiger partial charge in [0, 0.05) is 6.42 Å². The molecule has 2 unspecified atom stereocenters. The van der Waals surface area contributed by atoms with Gasteiger partial charge in [-0.25, -0.2) is 4.18 Å². The fraction of sp³-hybridized carbons (Fsp3) is 0.462. The molecule has 2 rings (SSSR count). The van der Waals surface area contributed by atoms with Crippen LogP contribution in [0.1, 0.15) is 20.3 Å². The molecule has 110 valence electrons. The highest BCUT2D eigenvalue weighted by molar-refractivity contribution is 7.86. The molecule has 1 aromatic carbocycles. The lowest BCUT2D eigenvalue weighted by molar-refractivity contribution is -0.149. The zero-order valence-electron chi connectivity index (χ0n) is 11.1. The highest BCUT2D eigenvalue weighted by Gasteiger charge is 2.45. The van der Waals surface area contributed by atoms with E-state index in [-0.39, 0.29) is 4.90 Å². The van der Waals surface area contributed by atoms with Crippen LogP contribution in [0.5, 0.6) is 0 Å². The largest absolute Gasteiger partial charge is 0.459 e. The Morgan fingerprint density at radius 1 is 1.35 bits per heavy atom. The number of hydrogen-bond donors (Lipinski definition) is 0. The molecule has 20 heavy (non-hydrogen) atoms. The van der Waals surface area contributed by atoms with Crippen molar-refractivity contribution in [2.75, 3.05) is 0 Å². The number of hydrogen-bond acceptors (Lipinski definition) is 5. The van der Waals surface area contributed by atoms with E-state index in [0.29, 0.717) is 6.42 Å². The van der Waals surface area contributed by atoms with Gasteiger partial charge in [0.2, 0.25) is 0 Å². The molecule has 0 amide bonds. The highest BCUT2D eigenvalue weighted by Crippen LogP contribution is 2.35. The van der Waals surface area contributed by atoms with Crippen molar-refractivity contribution in [3.05, 3.63) is 30.3 Å². The van der Waals surface area contributed by atoms with Gasteiger partial charge in [-0.05, 0) is 26.0 Å². The number of carbonyl (C=O) groups is 1. The Labute approximate surface area is 123 Å². The van der Waals surface area contributed by atoms with Gasteiger partial charge in [0.15, 0.2) is 5.56 Å². The number of esters is 1. The summed E-state index contributed by atoms with van der Waals surface area (Å²) >= 11 is 5.94. The standard InChI is InChI=1S/C13H15ClO5S/c1-13(2)8-10(12(15)18-13)11(14)19-20(16,17)9-6-4-3-5-7-9/h3-7,10-11H,8H2,1-2H3. The second-order valence-electron chi connectivity index (χ2n) is 5.21. The van der Waals surface area contributed by atoms with Crippen LogP contribution in [0.3, 0.4) is 0 Å². The molecular formula is C13H15ClO5S. The maximum absolute atomic E-state index is 12.0. The van der Waals surface area contributed by atoms with Crippen molar-refractivity contribution >= 4 is 27.7 Å². The van der Waals surface area contributed by atoms with Gasteiger partial charge in [0.25, 0.3) is 10.1 Å². The molecule has 1 fully saturated rings. The summed E-state index contributed by atoms with van der Waals surface area (Å²) < 4.78 is 34.0. The van der Waals surface area contributed by atoms with E-state index in [1.54, 1.807) is 32.0 Å². The average Bonchev–Trinajstić information content (AvgIpc) is 2.63. The third kappa shape index (κ3) is 3.31. The van der Waals surface area contributed by atoms with Crippen molar-refractivity contribution in [3.63, 3.8) is 0 Å². The Morgan fingerprint density at radius 2 is 1.95 bits per heavy atom. The maximum atomic E-state index is 12.0. The maximum Gasteiger partial charge on any atom is 0.313 e. The molecule has 1 aromatic rings. The lowest BCUT2D eigenvalue weighted by Gasteiger charge is -2.16. The van der Waals surface area contributed by atoms with Crippen LogP contribution in [0, 0.1) is 5.92 Å². The van der Waals surface area contributed by atoms with E-state index < -0.39 is 33.2 Å². The number of carbonyl (C=O) groups excluding carboxylic acids is 1. The van der Waals surface area contributed by atoms with Crippen molar-refractivity contribution in [2.45, 2.75) is 36.3 Å². The van der Waals surface area contributed by atoms with Crippen LogP contribution < -0.4 is 0 Å². The minimum absolute atomic E-state index is 0.00345. The molecule has 0 aromatic heterocycles. The second kappa shape index (κ2) is 5.35. The topological polar surface area (TPSA) is 69.7 Å². The molecule has 1 aliphatic heterocycles. The van der Waals surface area contributed by atoms with Gasteiger partial charge in [-0.2, -0.15) is 8.42 Å².